The van der Waals surface area contributed by atoms with Crippen molar-refractivity contribution in [3.8, 4) is 6.07 Å². The van der Waals surface area contributed by atoms with Crippen molar-refractivity contribution < 1.29 is 4.42 Å². The highest BCUT2D eigenvalue weighted by Gasteiger charge is 2.02. The smallest absolute Gasteiger partial charge is 0.108 e. The first kappa shape index (κ1) is 9.54. The number of nitriles is 1. The monoisotopic (exact) mass is 197 g/mol. The predicted molar refractivity (Wildman–Crippen MR) is 57.3 cm³/mol. The lowest BCUT2D eigenvalue weighted by Crippen LogP contribution is -1.84. The van der Waals surface area contributed by atoms with Crippen molar-refractivity contribution >= 4 is 0 Å². The summed E-state index contributed by atoms with van der Waals surface area (Å²) in [5.41, 5.74) is 2.17. The van der Waals surface area contributed by atoms with E-state index in [2.05, 4.69) is 18.2 Å². The van der Waals surface area contributed by atoms with Crippen LogP contribution in [0.25, 0.3) is 0 Å². The van der Waals surface area contributed by atoms with Crippen LogP contribution in [0, 0.1) is 11.3 Å². The Morgan fingerprint density at radius 1 is 1.13 bits per heavy atom. The molecule has 1 aromatic carbocycles. The zero-order valence-electron chi connectivity index (χ0n) is 8.31. The van der Waals surface area contributed by atoms with E-state index in [9.17, 15) is 0 Å². The molecule has 1 aromatic heterocycles. The molecule has 0 aliphatic rings. The zero-order valence-corrected chi connectivity index (χ0v) is 8.31. The van der Waals surface area contributed by atoms with Crippen molar-refractivity contribution in [2.45, 2.75) is 12.8 Å². The van der Waals surface area contributed by atoms with Crippen LogP contribution in [0.4, 0.5) is 0 Å². The summed E-state index contributed by atoms with van der Waals surface area (Å²) < 4.78 is 5.37. The number of furan rings is 1. The minimum Gasteiger partial charge on any atom is -0.469 e. The molecule has 0 bridgehead atoms. The highest BCUT2D eigenvalue weighted by Crippen LogP contribution is 2.13. The average molecular weight is 197 g/mol. The lowest BCUT2D eigenvalue weighted by molar-refractivity contribution is 0.519. The van der Waals surface area contributed by atoms with Crippen LogP contribution in [0.5, 0.6) is 0 Å². The van der Waals surface area contributed by atoms with E-state index in [1.165, 1.54) is 5.56 Å². The summed E-state index contributed by atoms with van der Waals surface area (Å²) in [5, 5.41) is 8.53. The Kier molecular flexibility index (Phi) is 2.85. The molecule has 74 valence electrons. The van der Waals surface area contributed by atoms with Gasteiger partial charge in [-0.3, -0.25) is 0 Å². The third-order valence-corrected chi connectivity index (χ3v) is 2.21. The number of benzene rings is 1. The van der Waals surface area contributed by atoms with Gasteiger partial charge in [-0.05, 0) is 11.6 Å². The van der Waals surface area contributed by atoms with E-state index in [0.717, 1.165) is 17.7 Å². The Bertz CT molecular complexity index is 465. The van der Waals surface area contributed by atoms with Gasteiger partial charge in [0.25, 0.3) is 0 Å². The largest absolute Gasteiger partial charge is 0.469 e. The van der Waals surface area contributed by atoms with Crippen LogP contribution in [0.1, 0.15) is 16.9 Å². The van der Waals surface area contributed by atoms with Gasteiger partial charge in [0.05, 0.1) is 18.8 Å². The quantitative estimate of drug-likeness (QED) is 0.758. The first-order chi connectivity index (χ1) is 7.38. The van der Waals surface area contributed by atoms with E-state index >= 15 is 0 Å². The van der Waals surface area contributed by atoms with Crippen molar-refractivity contribution in [1.29, 1.82) is 5.26 Å². The van der Waals surface area contributed by atoms with Crippen LogP contribution in [-0.2, 0) is 12.8 Å². The van der Waals surface area contributed by atoms with Crippen LogP contribution >= 0.6 is 0 Å². The number of hydrogen-bond donors (Lipinski definition) is 0. The molecule has 0 aliphatic heterocycles. The maximum atomic E-state index is 8.53. The van der Waals surface area contributed by atoms with E-state index < -0.39 is 0 Å². The molecule has 2 aromatic rings. The molecule has 0 spiro atoms. The van der Waals surface area contributed by atoms with Crippen molar-refractivity contribution in [1.82, 2.24) is 0 Å². The molecule has 0 N–H and O–H groups in total. The first-order valence-electron chi connectivity index (χ1n) is 4.85. The molecule has 2 heteroatoms. The van der Waals surface area contributed by atoms with Crippen molar-refractivity contribution in [3.63, 3.8) is 0 Å². The van der Waals surface area contributed by atoms with Gasteiger partial charge in [0.1, 0.15) is 5.76 Å². The van der Waals surface area contributed by atoms with Gasteiger partial charge in [-0.1, -0.05) is 30.3 Å². The molecule has 0 fully saturated rings. The predicted octanol–water partition coefficient (Wildman–Crippen LogP) is 2.94. The molecule has 2 rings (SSSR count). The third-order valence-electron chi connectivity index (χ3n) is 2.21. The molecule has 0 radical (unpaired) electrons. The van der Waals surface area contributed by atoms with Crippen LogP contribution in [0.15, 0.2) is 47.1 Å². The number of hydrogen-bond acceptors (Lipinski definition) is 2. The Morgan fingerprint density at radius 3 is 2.67 bits per heavy atom. The summed E-state index contributed by atoms with van der Waals surface area (Å²) in [6.07, 6.45) is 2.85. The van der Waals surface area contributed by atoms with Gasteiger partial charge in [-0.2, -0.15) is 5.26 Å². The number of rotatable bonds is 3. The van der Waals surface area contributed by atoms with E-state index in [1.807, 2.05) is 24.3 Å². The highest BCUT2D eigenvalue weighted by atomic mass is 16.3. The van der Waals surface area contributed by atoms with Crippen molar-refractivity contribution in [2.24, 2.45) is 0 Å². The fourth-order valence-corrected chi connectivity index (χ4v) is 1.50. The molecule has 2 nitrogen and oxygen atoms in total. The van der Waals surface area contributed by atoms with Gasteiger partial charge in [0.2, 0.25) is 0 Å². The van der Waals surface area contributed by atoms with Gasteiger partial charge in [-0.15, -0.1) is 0 Å². The Hall–Kier alpha value is -2.01. The zero-order chi connectivity index (χ0) is 10.5. The maximum absolute atomic E-state index is 8.53. The summed E-state index contributed by atoms with van der Waals surface area (Å²) >= 11 is 0. The molecule has 0 saturated carbocycles. The summed E-state index contributed by atoms with van der Waals surface area (Å²) in [4.78, 5) is 0. The van der Waals surface area contributed by atoms with Gasteiger partial charge >= 0.3 is 0 Å². The highest BCUT2D eigenvalue weighted by molar-refractivity contribution is 5.23. The molecule has 15 heavy (non-hydrogen) atoms. The lowest BCUT2D eigenvalue weighted by atomic mass is 10.1. The van der Waals surface area contributed by atoms with Crippen molar-refractivity contribution in [2.75, 3.05) is 0 Å². The molecule has 0 atom stereocenters. The summed E-state index contributed by atoms with van der Waals surface area (Å²) in [6.45, 7) is 0. The van der Waals surface area contributed by atoms with Crippen molar-refractivity contribution in [3.05, 3.63) is 59.5 Å². The van der Waals surface area contributed by atoms with E-state index in [4.69, 9.17) is 9.68 Å². The van der Waals surface area contributed by atoms with Crippen LogP contribution in [0.3, 0.4) is 0 Å². The lowest BCUT2D eigenvalue weighted by Gasteiger charge is -1.95. The van der Waals surface area contributed by atoms with E-state index in [-0.39, 0.29) is 0 Å². The fraction of sp³-hybridized carbons (Fsp3) is 0.154. The normalized spacial score (nSPS) is 9.80. The molecule has 0 aliphatic carbocycles. The van der Waals surface area contributed by atoms with E-state index in [0.29, 0.717) is 6.42 Å². The van der Waals surface area contributed by atoms with Gasteiger partial charge < -0.3 is 4.42 Å². The Morgan fingerprint density at radius 2 is 1.93 bits per heavy atom. The third kappa shape index (κ3) is 2.47. The summed E-state index contributed by atoms with van der Waals surface area (Å²) in [6, 6.07) is 14.2. The maximum Gasteiger partial charge on any atom is 0.108 e. The minimum atomic E-state index is 0.415. The second kappa shape index (κ2) is 4.47. The van der Waals surface area contributed by atoms with E-state index in [1.54, 1.807) is 6.26 Å². The fourth-order valence-electron chi connectivity index (χ4n) is 1.50. The minimum absolute atomic E-state index is 0.415. The SMILES string of the molecule is N#CCc1coc(Cc2ccccc2)c1. The van der Waals surface area contributed by atoms with Gasteiger partial charge in [0.15, 0.2) is 0 Å². The molecule has 0 saturated heterocycles. The summed E-state index contributed by atoms with van der Waals surface area (Å²) in [7, 11) is 0. The Balaban J connectivity index is 2.09. The molecular weight excluding hydrogens is 186 g/mol. The molecular formula is C13H11NO. The Labute approximate surface area is 88.8 Å². The van der Waals surface area contributed by atoms with Crippen LogP contribution in [0.2, 0.25) is 0 Å². The molecule has 0 amide bonds. The van der Waals surface area contributed by atoms with Crippen LogP contribution in [-0.4, -0.2) is 0 Å². The second-order valence-electron chi connectivity index (χ2n) is 3.42. The van der Waals surface area contributed by atoms with Gasteiger partial charge in [-0.25, -0.2) is 0 Å². The molecule has 1 heterocycles. The first-order valence-corrected chi connectivity index (χ1v) is 4.85. The second-order valence-corrected chi connectivity index (χ2v) is 3.42. The topological polar surface area (TPSA) is 36.9 Å². The van der Waals surface area contributed by atoms with Gasteiger partial charge in [0, 0.05) is 12.0 Å². The molecule has 0 unspecified atom stereocenters. The van der Waals surface area contributed by atoms with Crippen LogP contribution < -0.4 is 0 Å². The average Bonchev–Trinajstić information content (AvgIpc) is 2.68. The number of nitrogens with zero attached hydrogens (tertiary/aromatic N) is 1. The standard InChI is InChI=1S/C13H11NO/c14-7-6-12-9-13(15-10-12)8-11-4-2-1-3-5-11/h1-5,9-10H,6,8H2. The summed E-state index contributed by atoms with van der Waals surface area (Å²) in [5.74, 6) is 0.909.